The van der Waals surface area contributed by atoms with Crippen LogP contribution < -0.4 is 0 Å². The molecule has 2 fully saturated rings. The highest BCUT2D eigenvalue weighted by atomic mass is 32.1. The van der Waals surface area contributed by atoms with Crippen LogP contribution in [0, 0.1) is 23.7 Å². The van der Waals surface area contributed by atoms with Crippen molar-refractivity contribution in [2.45, 2.75) is 99.8 Å². The van der Waals surface area contributed by atoms with Gasteiger partial charge in [0.05, 0.1) is 0 Å². The first kappa shape index (κ1) is 24.3. The number of carbonyl (C=O) groups is 1. The smallest absolute Gasteiger partial charge is 0.188 e. The molecule has 0 radical (unpaired) electrons. The molecule has 2 aliphatic rings. The molecule has 0 spiro atoms. The lowest BCUT2D eigenvalue weighted by molar-refractivity contribution is -0.115. The van der Waals surface area contributed by atoms with E-state index in [9.17, 15) is 4.79 Å². The molecule has 22 heavy (non-hydrogen) atoms. The minimum atomic E-state index is 0.121. The highest BCUT2D eigenvalue weighted by Gasteiger charge is 2.31. The fourth-order valence-corrected chi connectivity index (χ4v) is 3.85. The van der Waals surface area contributed by atoms with Crippen molar-refractivity contribution >= 4 is 17.7 Å². The molecule has 1 nitrogen and oxygen atoms in total. The first-order chi connectivity index (χ1) is 10.7. The standard InChI is InChI=1S/C14H24OS.3C2H6/c1-10-2-4-11(5-3-10)12-6-8-13(9-7-12)14(15)16;3*1-2/h10-13H,2-9H2,1H3,(H,15,16);3*1-2H3. The Morgan fingerprint density at radius 3 is 1.32 bits per heavy atom. The van der Waals surface area contributed by atoms with Gasteiger partial charge in [-0.15, -0.1) is 12.6 Å². The quantitative estimate of drug-likeness (QED) is 0.532. The summed E-state index contributed by atoms with van der Waals surface area (Å²) in [6.07, 6.45) is 10.5. The van der Waals surface area contributed by atoms with Gasteiger partial charge in [0, 0.05) is 5.92 Å². The fourth-order valence-electron chi connectivity index (χ4n) is 3.59. The van der Waals surface area contributed by atoms with E-state index in [1.807, 2.05) is 41.5 Å². The van der Waals surface area contributed by atoms with E-state index in [-0.39, 0.29) is 11.0 Å². The second kappa shape index (κ2) is 15.9. The molecule has 0 aromatic carbocycles. The van der Waals surface area contributed by atoms with E-state index in [1.54, 1.807) is 0 Å². The topological polar surface area (TPSA) is 17.1 Å². The highest BCUT2D eigenvalue weighted by molar-refractivity contribution is 7.96. The Balaban J connectivity index is 0. The van der Waals surface area contributed by atoms with Crippen LogP contribution >= 0.6 is 12.6 Å². The van der Waals surface area contributed by atoms with Crippen molar-refractivity contribution in [1.29, 1.82) is 0 Å². The number of hydrogen-bond donors (Lipinski definition) is 1. The summed E-state index contributed by atoms with van der Waals surface area (Å²) < 4.78 is 0. The SMILES string of the molecule is CC.CC.CC.CC1CCC(C2CCC(C(=O)S)CC2)CC1. The second-order valence-corrected chi connectivity index (χ2v) is 6.41. The summed E-state index contributed by atoms with van der Waals surface area (Å²) in [5.41, 5.74) is 0. The van der Waals surface area contributed by atoms with Gasteiger partial charge >= 0.3 is 0 Å². The molecule has 0 atom stereocenters. The van der Waals surface area contributed by atoms with Crippen LogP contribution in [0.3, 0.4) is 0 Å². The van der Waals surface area contributed by atoms with Crippen molar-refractivity contribution in [3.05, 3.63) is 0 Å². The third-order valence-corrected chi connectivity index (χ3v) is 5.21. The Morgan fingerprint density at radius 1 is 0.682 bits per heavy atom. The van der Waals surface area contributed by atoms with Gasteiger partial charge in [-0.25, -0.2) is 0 Å². The van der Waals surface area contributed by atoms with Crippen LogP contribution in [-0.4, -0.2) is 5.12 Å². The Labute approximate surface area is 146 Å². The van der Waals surface area contributed by atoms with E-state index in [0.717, 1.165) is 30.6 Å². The molecule has 0 N–H and O–H groups in total. The van der Waals surface area contributed by atoms with Gasteiger partial charge in [0.1, 0.15) is 0 Å². The number of hydrogen-bond acceptors (Lipinski definition) is 1. The summed E-state index contributed by atoms with van der Waals surface area (Å²) in [4.78, 5) is 11.2. The van der Waals surface area contributed by atoms with Crippen molar-refractivity contribution in [3.63, 3.8) is 0 Å². The zero-order valence-corrected chi connectivity index (χ0v) is 17.2. The molecule has 2 heteroatoms. The first-order valence-electron chi connectivity index (χ1n) is 9.89. The molecule has 2 saturated carbocycles. The Morgan fingerprint density at radius 2 is 1.00 bits per heavy atom. The van der Waals surface area contributed by atoms with Crippen molar-refractivity contribution in [2.75, 3.05) is 0 Å². The lowest BCUT2D eigenvalue weighted by atomic mass is 9.69. The third kappa shape index (κ3) is 9.22. The predicted octanol–water partition coefficient (Wildman–Crippen LogP) is 7.15. The van der Waals surface area contributed by atoms with E-state index in [2.05, 4.69) is 19.6 Å². The maximum absolute atomic E-state index is 11.2. The van der Waals surface area contributed by atoms with Crippen LogP contribution in [0.5, 0.6) is 0 Å². The molecule has 134 valence electrons. The Bertz CT molecular complexity index is 236. The minimum Gasteiger partial charge on any atom is -0.287 e. The summed E-state index contributed by atoms with van der Waals surface area (Å²) in [6.45, 7) is 14.4. The lowest BCUT2D eigenvalue weighted by Crippen LogP contribution is -2.26. The van der Waals surface area contributed by atoms with Gasteiger partial charge < -0.3 is 0 Å². The van der Waals surface area contributed by atoms with Crippen molar-refractivity contribution < 1.29 is 4.79 Å². The van der Waals surface area contributed by atoms with Crippen LogP contribution in [-0.2, 0) is 4.79 Å². The number of rotatable bonds is 2. The van der Waals surface area contributed by atoms with Gasteiger partial charge in [-0.1, -0.05) is 61.3 Å². The highest BCUT2D eigenvalue weighted by Crippen LogP contribution is 2.41. The first-order valence-corrected chi connectivity index (χ1v) is 10.3. The van der Waals surface area contributed by atoms with Crippen LogP contribution in [0.2, 0.25) is 0 Å². The lowest BCUT2D eigenvalue weighted by Gasteiger charge is -2.36. The summed E-state index contributed by atoms with van der Waals surface area (Å²) in [6, 6.07) is 0. The molecule has 2 aliphatic carbocycles. The molecule has 0 amide bonds. The summed E-state index contributed by atoms with van der Waals surface area (Å²) in [5, 5.41) is 0.121. The molecular weight excluding hydrogens is 288 g/mol. The maximum atomic E-state index is 11.2. The minimum absolute atomic E-state index is 0.121. The zero-order chi connectivity index (χ0) is 17.5. The van der Waals surface area contributed by atoms with Crippen LogP contribution in [0.25, 0.3) is 0 Å². The molecule has 0 aromatic heterocycles. The van der Waals surface area contributed by atoms with Gasteiger partial charge in [0.15, 0.2) is 5.12 Å². The van der Waals surface area contributed by atoms with Crippen LogP contribution in [0.1, 0.15) is 99.8 Å². The van der Waals surface area contributed by atoms with E-state index >= 15 is 0 Å². The van der Waals surface area contributed by atoms with Gasteiger partial charge in [-0.2, -0.15) is 0 Å². The van der Waals surface area contributed by atoms with Crippen molar-refractivity contribution in [3.8, 4) is 0 Å². The van der Waals surface area contributed by atoms with E-state index in [0.29, 0.717) is 0 Å². The average molecular weight is 331 g/mol. The average Bonchev–Trinajstić information content (AvgIpc) is 2.61. The van der Waals surface area contributed by atoms with Crippen molar-refractivity contribution in [1.82, 2.24) is 0 Å². The van der Waals surface area contributed by atoms with E-state index < -0.39 is 0 Å². The summed E-state index contributed by atoms with van der Waals surface area (Å²) in [5.74, 6) is 3.09. The van der Waals surface area contributed by atoms with Gasteiger partial charge in [0.25, 0.3) is 0 Å². The zero-order valence-electron chi connectivity index (χ0n) is 16.3. The van der Waals surface area contributed by atoms with Gasteiger partial charge in [-0.3, -0.25) is 4.79 Å². The largest absolute Gasteiger partial charge is 0.287 e. The molecule has 2 rings (SSSR count). The van der Waals surface area contributed by atoms with Crippen molar-refractivity contribution in [2.24, 2.45) is 23.7 Å². The molecule has 0 aromatic rings. The number of carbonyl (C=O) groups excluding carboxylic acids is 1. The monoisotopic (exact) mass is 330 g/mol. The normalized spacial score (nSPS) is 30.4. The van der Waals surface area contributed by atoms with Crippen LogP contribution in [0.15, 0.2) is 0 Å². The third-order valence-electron chi connectivity index (χ3n) is 4.85. The summed E-state index contributed by atoms with van der Waals surface area (Å²) in [7, 11) is 0. The molecule has 0 heterocycles. The van der Waals surface area contributed by atoms with Gasteiger partial charge in [0.2, 0.25) is 0 Å². The number of thiol groups is 1. The van der Waals surface area contributed by atoms with Gasteiger partial charge in [-0.05, 0) is 56.3 Å². The second-order valence-electron chi connectivity index (χ2n) is 5.97. The fraction of sp³-hybridized carbons (Fsp3) is 0.950. The van der Waals surface area contributed by atoms with E-state index in [4.69, 9.17) is 0 Å². The Hall–Kier alpha value is 0.0200. The van der Waals surface area contributed by atoms with Crippen LogP contribution in [0.4, 0.5) is 0 Å². The summed E-state index contributed by atoms with van der Waals surface area (Å²) >= 11 is 3.97. The molecule has 0 saturated heterocycles. The molecule has 0 unspecified atom stereocenters. The predicted molar refractivity (Wildman–Crippen MR) is 105 cm³/mol. The molecular formula is C20H42OS. The van der Waals surface area contributed by atoms with E-state index in [1.165, 1.54) is 38.5 Å². The Kier molecular flexibility index (Phi) is 17.5. The molecule has 0 bridgehead atoms. The molecule has 0 aliphatic heterocycles. The maximum Gasteiger partial charge on any atom is 0.188 e.